The molecule has 1 radical (unpaired) electrons. The number of hydrogen-bond donors (Lipinski definition) is 0. The minimum atomic E-state index is 0. The predicted octanol–water partition coefficient (Wildman–Crippen LogP) is 9.29. The molecule has 217 valence electrons. The quantitative estimate of drug-likeness (QED) is 0.173. The van der Waals surface area contributed by atoms with Crippen molar-refractivity contribution in [2.75, 3.05) is 0 Å². The zero-order valence-electron chi connectivity index (χ0n) is 23.3. The number of thiazole rings is 2. The Bertz CT molecular complexity index is 2590. The number of benzene rings is 5. The Kier molecular flexibility index (Phi) is 5.92. The Morgan fingerprint density at radius 2 is 0.822 bits per heavy atom. The van der Waals surface area contributed by atoms with E-state index in [-0.39, 0.29) is 17.1 Å². The van der Waals surface area contributed by atoms with Gasteiger partial charge in [-0.15, -0.1) is 22.7 Å². The second kappa shape index (κ2) is 10.1. The van der Waals surface area contributed by atoms with Gasteiger partial charge in [-0.1, -0.05) is 109 Å². The van der Waals surface area contributed by atoms with Crippen LogP contribution in [0.25, 0.3) is 85.6 Å². The summed E-state index contributed by atoms with van der Waals surface area (Å²) in [5.74, 6) is 0. The first-order valence-electron chi connectivity index (χ1n) is 14.3. The first-order chi connectivity index (χ1) is 21.8. The normalized spacial score (nSPS) is 11.8. The van der Waals surface area contributed by atoms with Crippen LogP contribution >= 0.6 is 22.7 Å². The summed E-state index contributed by atoms with van der Waals surface area (Å²) in [6, 6.07) is 42.0. The Balaban J connectivity index is 0.00000281. The van der Waals surface area contributed by atoms with Crippen LogP contribution in [0.15, 0.2) is 121 Å². The number of rotatable bonds is 2. The van der Waals surface area contributed by atoms with E-state index in [0.717, 1.165) is 85.6 Å². The van der Waals surface area contributed by atoms with E-state index in [1.807, 2.05) is 12.1 Å². The Hall–Kier alpha value is -4.92. The molecule has 0 aliphatic heterocycles. The molecule has 5 aromatic carbocycles. The van der Waals surface area contributed by atoms with Crippen molar-refractivity contribution < 1.29 is 17.1 Å². The Labute approximate surface area is 274 Å². The van der Waals surface area contributed by atoms with Crippen LogP contribution in [-0.4, -0.2) is 19.1 Å². The van der Waals surface area contributed by atoms with Crippen molar-refractivity contribution in [3.8, 4) is 11.4 Å². The summed E-state index contributed by atoms with van der Waals surface area (Å²) in [7, 11) is 0. The third-order valence-electron chi connectivity index (χ3n) is 8.24. The molecule has 10 rings (SSSR count). The van der Waals surface area contributed by atoms with Crippen LogP contribution in [0, 0.1) is 0 Å². The van der Waals surface area contributed by atoms with Gasteiger partial charge in [-0.2, -0.15) is 0 Å². The van der Waals surface area contributed by atoms with Crippen molar-refractivity contribution in [3.63, 3.8) is 0 Å². The van der Waals surface area contributed by atoms with E-state index in [1.54, 1.807) is 22.7 Å². The van der Waals surface area contributed by atoms with Gasteiger partial charge in [0.15, 0.2) is 0 Å². The molecule has 0 atom stereocenters. The molecule has 10 aromatic rings. The summed E-state index contributed by atoms with van der Waals surface area (Å²) in [5.41, 5.74) is 7.17. The fourth-order valence-corrected chi connectivity index (χ4v) is 8.26. The monoisotopic (exact) mass is 663 g/mol. The topological polar surface area (TPSA) is 63.8 Å². The van der Waals surface area contributed by atoms with Crippen LogP contribution in [-0.2, 0) is 17.1 Å². The average molecular weight is 664 g/mol. The number of aromatic nitrogens is 6. The molecule has 0 amide bonds. The van der Waals surface area contributed by atoms with Gasteiger partial charge in [-0.3, -0.25) is 0 Å². The zero-order valence-corrected chi connectivity index (χ0v) is 25.9. The molecular formula is C36H20CuN6S2. The summed E-state index contributed by atoms with van der Waals surface area (Å²) in [6.07, 6.45) is 0. The molecule has 0 fully saturated rings. The van der Waals surface area contributed by atoms with Crippen LogP contribution in [0.4, 0.5) is 0 Å². The van der Waals surface area contributed by atoms with Gasteiger partial charge >= 0.3 is 17.1 Å². The van der Waals surface area contributed by atoms with Gasteiger partial charge in [-0.25, -0.2) is 9.97 Å². The molecule has 0 saturated carbocycles. The predicted molar refractivity (Wildman–Crippen MR) is 183 cm³/mol. The van der Waals surface area contributed by atoms with Crippen molar-refractivity contribution in [1.82, 2.24) is 29.1 Å². The van der Waals surface area contributed by atoms with E-state index in [4.69, 9.17) is 19.9 Å². The van der Waals surface area contributed by atoms with Crippen LogP contribution in [0.1, 0.15) is 0 Å². The number of para-hydroxylation sites is 2. The summed E-state index contributed by atoms with van der Waals surface area (Å²) in [4.78, 5) is 23.1. The molecule has 5 heterocycles. The van der Waals surface area contributed by atoms with Crippen molar-refractivity contribution in [2.24, 2.45) is 0 Å². The van der Waals surface area contributed by atoms with Crippen LogP contribution < -0.4 is 9.97 Å². The van der Waals surface area contributed by atoms with E-state index in [9.17, 15) is 0 Å². The third kappa shape index (κ3) is 3.85. The maximum absolute atomic E-state index is 5.43. The van der Waals surface area contributed by atoms with Crippen molar-refractivity contribution in [1.29, 1.82) is 0 Å². The van der Waals surface area contributed by atoms with E-state index in [2.05, 4.69) is 118 Å². The molecule has 9 heteroatoms. The molecule has 45 heavy (non-hydrogen) atoms. The van der Waals surface area contributed by atoms with Crippen LogP contribution in [0.5, 0.6) is 0 Å². The van der Waals surface area contributed by atoms with Gasteiger partial charge in [0.25, 0.3) is 0 Å². The van der Waals surface area contributed by atoms with E-state index in [1.165, 1.54) is 0 Å². The molecule has 0 aliphatic carbocycles. The van der Waals surface area contributed by atoms with E-state index in [0.29, 0.717) is 0 Å². The van der Waals surface area contributed by atoms with E-state index < -0.39 is 0 Å². The van der Waals surface area contributed by atoms with E-state index >= 15 is 0 Å². The van der Waals surface area contributed by atoms with Crippen LogP contribution in [0.2, 0.25) is 0 Å². The molecule has 5 aromatic heterocycles. The maximum atomic E-state index is 5.43. The second-order valence-corrected chi connectivity index (χ2v) is 12.8. The fraction of sp³-hybridized carbons (Fsp3) is 0. The standard InChI is InChI=1S/C36H20N6S2.Cu/c1-3-11-21(12-4-1)41-33-25-17-9-7-15-23(25)29(37-33)30-24-16-8-10-18-26(24)34(38-30)42(22-13-5-2-6-14-22)36-40-32-28(44-36)20-19-27-31(32)39-35(41)43-27;/h1-20H;/q-2;+2. The summed E-state index contributed by atoms with van der Waals surface area (Å²) in [6.45, 7) is 0. The molecule has 0 N–H and O–H groups in total. The first-order valence-corrected chi connectivity index (χ1v) is 16.0. The summed E-state index contributed by atoms with van der Waals surface area (Å²) >= 11 is 3.32. The Morgan fingerprint density at radius 3 is 1.24 bits per heavy atom. The van der Waals surface area contributed by atoms with Gasteiger partial charge in [0.2, 0.25) is 0 Å². The average Bonchev–Trinajstić information content (AvgIpc) is 3.86. The number of nitrogens with zero attached hydrogens (tertiary/aromatic N) is 6. The molecule has 0 aliphatic rings. The fourth-order valence-electron chi connectivity index (χ4n) is 6.27. The third-order valence-corrected chi connectivity index (χ3v) is 10.2. The maximum Gasteiger partial charge on any atom is 2.00 e. The minimum Gasteiger partial charge on any atom is -0.435 e. The molecule has 0 saturated heterocycles. The summed E-state index contributed by atoms with van der Waals surface area (Å²) < 4.78 is 6.54. The second-order valence-electron chi connectivity index (χ2n) is 10.8. The minimum absolute atomic E-state index is 0. The SMILES string of the molecule is [Cu+2].c1ccc(-n2c3nc4c(ccc5sc(nc54)n(-c4ccccc4)c4[n-]c(c5ccccc54)c4[n-]c2c2ccccc24)s3)cc1. The van der Waals surface area contributed by atoms with Crippen molar-refractivity contribution in [2.45, 2.75) is 0 Å². The van der Waals surface area contributed by atoms with Gasteiger partial charge in [0, 0.05) is 0 Å². The smallest absolute Gasteiger partial charge is 0.435 e. The van der Waals surface area contributed by atoms with Gasteiger partial charge in [-0.05, 0) is 67.4 Å². The molecule has 0 unspecified atom stereocenters. The van der Waals surface area contributed by atoms with Gasteiger partial charge in [0.1, 0.15) is 21.0 Å². The van der Waals surface area contributed by atoms with Gasteiger partial charge in [0.05, 0.1) is 9.40 Å². The van der Waals surface area contributed by atoms with Crippen molar-refractivity contribution >= 4 is 96.9 Å². The van der Waals surface area contributed by atoms with Crippen molar-refractivity contribution in [3.05, 3.63) is 121 Å². The molecular weight excluding hydrogens is 644 g/mol. The largest absolute Gasteiger partial charge is 2.00 e. The Morgan fingerprint density at radius 1 is 0.444 bits per heavy atom. The van der Waals surface area contributed by atoms with Gasteiger partial charge < -0.3 is 19.1 Å². The molecule has 6 nitrogen and oxygen atoms in total. The summed E-state index contributed by atoms with van der Waals surface area (Å²) in [5, 5.41) is 4.21. The molecule has 8 bridgehead atoms. The number of fused-ring (bicyclic) bond motifs is 13. The molecule has 0 spiro atoms. The number of hydrogen-bond acceptors (Lipinski definition) is 4. The zero-order chi connectivity index (χ0) is 28.8. The first kappa shape index (κ1) is 26.5. The van der Waals surface area contributed by atoms with Crippen LogP contribution in [0.3, 0.4) is 0 Å².